The van der Waals surface area contributed by atoms with Crippen LogP contribution in [-0.2, 0) is 14.3 Å². The molecule has 10 heteroatoms. The molecule has 3 rings (SSSR count). The molecule has 0 spiro atoms. The Bertz CT molecular complexity index is 943. The molecule has 1 aliphatic heterocycles. The van der Waals surface area contributed by atoms with Crippen LogP contribution in [0.5, 0.6) is 0 Å². The van der Waals surface area contributed by atoms with E-state index in [2.05, 4.69) is 15.8 Å². The summed E-state index contributed by atoms with van der Waals surface area (Å²) < 4.78 is 10.1. The Balaban J connectivity index is 1.74. The molecule has 1 fully saturated rings. The van der Waals surface area contributed by atoms with Gasteiger partial charge in [0.05, 0.1) is 31.5 Å². The molecule has 0 saturated carbocycles. The normalized spacial score (nSPS) is 15.7. The van der Waals surface area contributed by atoms with Gasteiger partial charge in [-0.1, -0.05) is 5.16 Å². The van der Waals surface area contributed by atoms with E-state index in [1.807, 2.05) is 6.92 Å². The Morgan fingerprint density at radius 2 is 1.74 bits per heavy atom. The van der Waals surface area contributed by atoms with Gasteiger partial charge in [0.1, 0.15) is 6.26 Å². The van der Waals surface area contributed by atoms with E-state index in [0.29, 0.717) is 21.6 Å². The lowest BCUT2D eigenvalue weighted by Gasteiger charge is -2.36. The van der Waals surface area contributed by atoms with E-state index in [1.54, 1.807) is 12.3 Å². The van der Waals surface area contributed by atoms with Crippen molar-refractivity contribution in [2.45, 2.75) is 39.5 Å². The summed E-state index contributed by atoms with van der Waals surface area (Å²) in [4.78, 5) is 38.7. The zero-order valence-electron chi connectivity index (χ0n) is 18.2. The highest BCUT2D eigenvalue weighted by molar-refractivity contribution is 7.10. The van der Waals surface area contributed by atoms with Crippen molar-refractivity contribution in [1.82, 2.24) is 5.16 Å². The van der Waals surface area contributed by atoms with Gasteiger partial charge in [0, 0.05) is 15.8 Å². The average Bonchev–Trinajstić information content (AvgIpc) is 3.20. The summed E-state index contributed by atoms with van der Waals surface area (Å²) in [7, 11) is 1.31. The minimum absolute atomic E-state index is 0.154. The lowest BCUT2D eigenvalue weighted by molar-refractivity contribution is -0.912. The van der Waals surface area contributed by atoms with E-state index < -0.39 is 5.97 Å². The highest BCUT2D eigenvalue weighted by Gasteiger charge is 2.35. The second-order valence-electron chi connectivity index (χ2n) is 8.03. The number of thiophene rings is 1. The van der Waals surface area contributed by atoms with E-state index >= 15 is 0 Å². The maximum Gasteiger partial charge on any atom is 0.340 e. The summed E-state index contributed by atoms with van der Waals surface area (Å²) in [5.41, 5.74) is 1.58. The lowest BCUT2D eigenvalue weighted by atomic mass is 10.2. The first-order valence-corrected chi connectivity index (χ1v) is 11.2. The Labute approximate surface area is 185 Å². The van der Waals surface area contributed by atoms with E-state index in [-0.39, 0.29) is 24.9 Å². The fraction of sp³-hybridized carbons (Fsp3) is 0.524. The van der Waals surface area contributed by atoms with Crippen LogP contribution in [0.15, 0.2) is 16.2 Å². The summed E-state index contributed by atoms with van der Waals surface area (Å²) in [5, 5.41) is 11.2. The van der Waals surface area contributed by atoms with E-state index in [0.717, 1.165) is 49.2 Å². The van der Waals surface area contributed by atoms with Gasteiger partial charge in [0.2, 0.25) is 0 Å². The van der Waals surface area contributed by atoms with Crippen LogP contribution in [0.1, 0.15) is 46.5 Å². The molecular weight excluding hydrogens is 420 g/mol. The number of carbonyl (C=O) groups excluding carboxylic acids is 3. The number of quaternary nitrogens is 1. The molecule has 2 aromatic heterocycles. The predicted octanol–water partition coefficient (Wildman–Crippen LogP) is 3.11. The number of likely N-dealkylation sites (tertiary alicyclic amines) is 1. The first-order chi connectivity index (χ1) is 14.8. The van der Waals surface area contributed by atoms with Crippen LogP contribution in [0.25, 0.3) is 0 Å². The van der Waals surface area contributed by atoms with Crippen LogP contribution in [0.2, 0.25) is 0 Å². The van der Waals surface area contributed by atoms with Gasteiger partial charge in [-0.05, 0) is 39.5 Å². The molecule has 0 bridgehead atoms. The molecule has 0 aliphatic carbocycles. The van der Waals surface area contributed by atoms with Crippen molar-refractivity contribution in [3.05, 3.63) is 27.6 Å². The maximum absolute atomic E-state index is 13.0. The monoisotopic (exact) mass is 449 g/mol. The number of ether oxygens (including phenoxy) is 1. The van der Waals surface area contributed by atoms with E-state index in [4.69, 9.17) is 9.26 Å². The number of hydrogen-bond donors (Lipinski definition) is 2. The van der Waals surface area contributed by atoms with Crippen LogP contribution in [0, 0.1) is 13.8 Å². The van der Waals surface area contributed by atoms with Gasteiger partial charge < -0.3 is 24.4 Å². The molecule has 168 valence electrons. The van der Waals surface area contributed by atoms with Gasteiger partial charge >= 0.3 is 5.97 Å². The molecule has 2 aromatic rings. The third-order valence-corrected chi connectivity index (χ3v) is 6.53. The number of nitrogens with zero attached hydrogens (tertiary/aromatic N) is 2. The Morgan fingerprint density at radius 3 is 2.32 bits per heavy atom. The number of hydrogen-bond acceptors (Lipinski definition) is 7. The minimum Gasteiger partial charge on any atom is -0.465 e. The number of aromatic nitrogens is 1. The summed E-state index contributed by atoms with van der Waals surface area (Å²) in [6, 6.07) is 0. The fourth-order valence-electron chi connectivity index (χ4n) is 3.97. The quantitative estimate of drug-likeness (QED) is 0.496. The molecule has 0 aromatic carbocycles. The molecule has 0 radical (unpaired) electrons. The second kappa shape index (κ2) is 10.1. The van der Waals surface area contributed by atoms with Crippen molar-refractivity contribution in [2.75, 3.05) is 43.9 Å². The molecule has 1 aliphatic rings. The van der Waals surface area contributed by atoms with Crippen LogP contribution in [0.3, 0.4) is 0 Å². The topological polar surface area (TPSA) is 111 Å². The highest BCUT2D eigenvalue weighted by atomic mass is 32.1. The standard InChI is InChI=1S/C21H28N4O5S/c1-14-12-30-24-20(14)23-18(27)11-25(8-6-4-5-7-9-25)10-17(26)22-19-15(2)31-13-16(19)21(28)29-3/h12-13H,4-11H2,1-3H3,(H-,22,23,24,26,27)/p+1. The smallest absolute Gasteiger partial charge is 0.340 e. The van der Waals surface area contributed by atoms with Gasteiger partial charge in [-0.3, -0.25) is 9.59 Å². The number of amides is 2. The zero-order chi connectivity index (χ0) is 22.4. The lowest BCUT2D eigenvalue weighted by Crippen LogP contribution is -2.56. The second-order valence-corrected chi connectivity index (χ2v) is 9.12. The zero-order valence-corrected chi connectivity index (χ0v) is 19.0. The molecular formula is C21H29N4O5S+. The van der Waals surface area contributed by atoms with Crippen LogP contribution in [0.4, 0.5) is 11.5 Å². The van der Waals surface area contributed by atoms with Crippen molar-refractivity contribution in [1.29, 1.82) is 0 Å². The molecule has 9 nitrogen and oxygen atoms in total. The molecule has 31 heavy (non-hydrogen) atoms. The van der Waals surface area contributed by atoms with Crippen molar-refractivity contribution >= 4 is 40.6 Å². The highest BCUT2D eigenvalue weighted by Crippen LogP contribution is 2.28. The van der Waals surface area contributed by atoms with Gasteiger partial charge in [-0.25, -0.2) is 4.79 Å². The van der Waals surface area contributed by atoms with Crippen molar-refractivity contribution < 1.29 is 28.1 Å². The number of esters is 1. The van der Waals surface area contributed by atoms with Gasteiger partial charge in [-0.15, -0.1) is 11.3 Å². The first-order valence-electron chi connectivity index (χ1n) is 10.4. The van der Waals surface area contributed by atoms with E-state index in [9.17, 15) is 14.4 Å². The third kappa shape index (κ3) is 5.71. The Hall–Kier alpha value is -2.72. The molecule has 2 N–H and O–H groups in total. The number of methoxy groups -OCH3 is 1. The van der Waals surface area contributed by atoms with Crippen molar-refractivity contribution in [3.8, 4) is 0 Å². The van der Waals surface area contributed by atoms with Crippen LogP contribution in [-0.4, -0.2) is 60.7 Å². The summed E-state index contributed by atoms with van der Waals surface area (Å²) in [6.45, 7) is 5.46. The Kier molecular flexibility index (Phi) is 7.45. The first kappa shape index (κ1) is 23.0. The summed E-state index contributed by atoms with van der Waals surface area (Å²) in [6.07, 6.45) is 5.55. The van der Waals surface area contributed by atoms with Crippen molar-refractivity contribution in [3.63, 3.8) is 0 Å². The van der Waals surface area contributed by atoms with Crippen molar-refractivity contribution in [2.24, 2.45) is 0 Å². The Morgan fingerprint density at radius 1 is 1.10 bits per heavy atom. The fourth-order valence-corrected chi connectivity index (χ4v) is 4.76. The largest absolute Gasteiger partial charge is 0.465 e. The van der Waals surface area contributed by atoms with Crippen LogP contribution < -0.4 is 10.6 Å². The average molecular weight is 450 g/mol. The predicted molar refractivity (Wildman–Crippen MR) is 117 cm³/mol. The third-order valence-electron chi connectivity index (χ3n) is 5.62. The van der Waals surface area contributed by atoms with Crippen LogP contribution >= 0.6 is 11.3 Å². The molecule has 2 amide bonds. The molecule has 0 unspecified atom stereocenters. The summed E-state index contributed by atoms with van der Waals surface area (Å²) in [5.74, 6) is -0.507. The SMILES string of the molecule is COC(=O)c1csc(C)c1NC(=O)C[N+]1(CC(=O)Nc2nocc2C)CCCCCC1. The minimum atomic E-state index is -0.485. The molecule has 3 heterocycles. The molecule has 1 saturated heterocycles. The maximum atomic E-state index is 13.0. The molecule has 0 atom stereocenters. The number of nitrogens with one attached hydrogen (secondary N) is 2. The number of aryl methyl sites for hydroxylation is 2. The van der Waals surface area contributed by atoms with Gasteiger partial charge in [0.25, 0.3) is 11.8 Å². The number of carbonyl (C=O) groups is 3. The van der Waals surface area contributed by atoms with E-state index in [1.165, 1.54) is 24.7 Å². The van der Waals surface area contributed by atoms with Gasteiger partial charge in [-0.2, -0.15) is 0 Å². The number of rotatable bonds is 7. The summed E-state index contributed by atoms with van der Waals surface area (Å²) >= 11 is 1.38. The number of anilines is 2. The van der Waals surface area contributed by atoms with Gasteiger partial charge in [0.15, 0.2) is 18.9 Å².